The summed E-state index contributed by atoms with van der Waals surface area (Å²) in [5, 5.41) is 0. The van der Waals surface area contributed by atoms with E-state index in [2.05, 4.69) is 0 Å². The van der Waals surface area contributed by atoms with E-state index in [1.165, 1.54) is 48.5 Å². The highest BCUT2D eigenvalue weighted by Gasteiger charge is 2.14. The Bertz CT molecular complexity index is 275. The topological polar surface area (TPSA) is 0 Å². The summed E-state index contributed by atoms with van der Waals surface area (Å²) < 4.78 is 12.6. The van der Waals surface area contributed by atoms with Gasteiger partial charge < -0.3 is 0 Å². The second kappa shape index (κ2) is 4.83. The number of halogens is 1. The lowest BCUT2D eigenvalue weighted by Gasteiger charge is -2.07. The summed E-state index contributed by atoms with van der Waals surface area (Å²) in [5.74, 6) is 1.95. The lowest BCUT2D eigenvalue weighted by atomic mass is 10.1. The first-order valence-corrected chi connectivity index (χ1v) is 6.21. The van der Waals surface area contributed by atoms with Crippen molar-refractivity contribution in [3.63, 3.8) is 0 Å². The highest BCUT2D eigenvalue weighted by Crippen LogP contribution is 2.30. The van der Waals surface area contributed by atoms with Crippen molar-refractivity contribution in [3.05, 3.63) is 30.1 Å². The first kappa shape index (κ1) is 10.0. The second-order valence-corrected chi connectivity index (χ2v) is 5.01. The van der Waals surface area contributed by atoms with Crippen LogP contribution in [0.25, 0.3) is 0 Å². The monoisotopic (exact) mass is 210 g/mol. The van der Waals surface area contributed by atoms with Gasteiger partial charge in [0.2, 0.25) is 0 Å². The van der Waals surface area contributed by atoms with Crippen LogP contribution in [-0.4, -0.2) is 5.75 Å². The number of rotatable bonds is 3. The molecule has 0 unspecified atom stereocenters. The summed E-state index contributed by atoms with van der Waals surface area (Å²) in [4.78, 5) is 1.19. The molecule has 0 spiro atoms. The summed E-state index contributed by atoms with van der Waals surface area (Å²) in [6.07, 6.45) is 5.56. The van der Waals surface area contributed by atoms with E-state index in [1.54, 1.807) is 0 Å². The minimum absolute atomic E-state index is 0.143. The zero-order valence-electron chi connectivity index (χ0n) is 8.21. The molecule has 1 aliphatic carbocycles. The summed E-state index contributed by atoms with van der Waals surface area (Å²) in [6, 6.07) is 6.82. The third-order valence-electron chi connectivity index (χ3n) is 2.77. The first-order chi connectivity index (χ1) is 6.84. The van der Waals surface area contributed by atoms with E-state index in [-0.39, 0.29) is 5.82 Å². The van der Waals surface area contributed by atoms with E-state index in [9.17, 15) is 4.39 Å². The molecule has 76 valence electrons. The Morgan fingerprint density at radius 1 is 1.14 bits per heavy atom. The standard InChI is InChI=1S/C12H15FS/c13-11-5-7-12(8-6-11)14-9-10-3-1-2-4-10/h5-8,10H,1-4,9H2. The van der Waals surface area contributed by atoms with Gasteiger partial charge in [-0.1, -0.05) is 12.8 Å². The van der Waals surface area contributed by atoms with Crippen LogP contribution in [0.2, 0.25) is 0 Å². The Kier molecular flexibility index (Phi) is 3.46. The van der Waals surface area contributed by atoms with Crippen molar-refractivity contribution >= 4 is 11.8 Å². The Labute approximate surface area is 88.9 Å². The largest absolute Gasteiger partial charge is 0.207 e. The molecule has 0 aromatic heterocycles. The molecule has 14 heavy (non-hydrogen) atoms. The molecule has 1 fully saturated rings. The highest BCUT2D eigenvalue weighted by molar-refractivity contribution is 7.99. The molecule has 0 nitrogen and oxygen atoms in total. The third kappa shape index (κ3) is 2.74. The Morgan fingerprint density at radius 3 is 2.43 bits per heavy atom. The van der Waals surface area contributed by atoms with E-state index in [4.69, 9.17) is 0 Å². The predicted molar refractivity (Wildman–Crippen MR) is 59.1 cm³/mol. The molecule has 0 radical (unpaired) electrons. The predicted octanol–water partition coefficient (Wildman–Crippen LogP) is 4.11. The van der Waals surface area contributed by atoms with Crippen LogP contribution in [0.15, 0.2) is 29.2 Å². The van der Waals surface area contributed by atoms with Crippen LogP contribution in [-0.2, 0) is 0 Å². The second-order valence-electron chi connectivity index (χ2n) is 3.92. The van der Waals surface area contributed by atoms with Gasteiger partial charge in [0, 0.05) is 10.6 Å². The summed E-state index contributed by atoms with van der Waals surface area (Å²) in [6.45, 7) is 0. The quantitative estimate of drug-likeness (QED) is 0.677. The molecule has 0 amide bonds. The van der Waals surface area contributed by atoms with Crippen LogP contribution in [0.5, 0.6) is 0 Å². The van der Waals surface area contributed by atoms with Gasteiger partial charge in [-0.15, -0.1) is 11.8 Å². The lowest BCUT2D eigenvalue weighted by molar-refractivity contribution is 0.622. The van der Waals surface area contributed by atoms with Crippen molar-refractivity contribution in [2.75, 3.05) is 5.75 Å². The third-order valence-corrected chi connectivity index (χ3v) is 4.02. The Morgan fingerprint density at radius 2 is 1.79 bits per heavy atom. The lowest BCUT2D eigenvalue weighted by Crippen LogP contribution is -1.95. The number of hydrogen-bond acceptors (Lipinski definition) is 1. The van der Waals surface area contributed by atoms with Crippen LogP contribution in [0, 0.1) is 11.7 Å². The minimum Gasteiger partial charge on any atom is -0.207 e. The maximum atomic E-state index is 12.6. The highest BCUT2D eigenvalue weighted by atomic mass is 32.2. The number of thioether (sulfide) groups is 1. The van der Waals surface area contributed by atoms with Crippen molar-refractivity contribution in [1.82, 2.24) is 0 Å². The summed E-state index contributed by atoms with van der Waals surface area (Å²) in [5.41, 5.74) is 0. The minimum atomic E-state index is -0.143. The van der Waals surface area contributed by atoms with Gasteiger partial charge in [0.25, 0.3) is 0 Å². The van der Waals surface area contributed by atoms with E-state index in [1.807, 2.05) is 23.9 Å². The molecule has 1 saturated carbocycles. The fourth-order valence-electron chi connectivity index (χ4n) is 1.92. The van der Waals surface area contributed by atoms with Gasteiger partial charge in [-0.3, -0.25) is 0 Å². The van der Waals surface area contributed by atoms with Gasteiger partial charge in [0.05, 0.1) is 0 Å². The molecule has 0 bridgehead atoms. The fourth-order valence-corrected chi connectivity index (χ4v) is 3.01. The van der Waals surface area contributed by atoms with Crippen molar-refractivity contribution < 1.29 is 4.39 Å². The van der Waals surface area contributed by atoms with Gasteiger partial charge in [-0.05, 0) is 43.0 Å². The molecule has 0 saturated heterocycles. The zero-order chi connectivity index (χ0) is 9.80. The average molecular weight is 210 g/mol. The SMILES string of the molecule is Fc1ccc(SCC2CCCC2)cc1. The number of benzene rings is 1. The molecule has 2 heteroatoms. The van der Waals surface area contributed by atoms with Crippen LogP contribution >= 0.6 is 11.8 Å². The molecule has 0 heterocycles. The fraction of sp³-hybridized carbons (Fsp3) is 0.500. The van der Waals surface area contributed by atoms with Crippen molar-refractivity contribution in [1.29, 1.82) is 0 Å². The van der Waals surface area contributed by atoms with Crippen LogP contribution in [0.3, 0.4) is 0 Å². The van der Waals surface area contributed by atoms with E-state index < -0.39 is 0 Å². The van der Waals surface area contributed by atoms with Gasteiger partial charge in [0.15, 0.2) is 0 Å². The van der Waals surface area contributed by atoms with E-state index in [0.29, 0.717) is 0 Å². The normalized spacial score (nSPS) is 17.5. The smallest absolute Gasteiger partial charge is 0.123 e. The maximum absolute atomic E-state index is 12.6. The van der Waals surface area contributed by atoms with Gasteiger partial charge in [-0.2, -0.15) is 0 Å². The molecule has 1 aromatic carbocycles. The summed E-state index contributed by atoms with van der Waals surface area (Å²) in [7, 11) is 0. The van der Waals surface area contributed by atoms with E-state index in [0.717, 1.165) is 5.92 Å². The summed E-state index contributed by atoms with van der Waals surface area (Å²) >= 11 is 1.86. The molecule has 2 rings (SSSR count). The van der Waals surface area contributed by atoms with Crippen LogP contribution < -0.4 is 0 Å². The van der Waals surface area contributed by atoms with Gasteiger partial charge in [0.1, 0.15) is 5.82 Å². The van der Waals surface area contributed by atoms with Crippen LogP contribution in [0.4, 0.5) is 4.39 Å². The van der Waals surface area contributed by atoms with Gasteiger partial charge >= 0.3 is 0 Å². The molecule has 1 aromatic rings. The zero-order valence-corrected chi connectivity index (χ0v) is 9.02. The van der Waals surface area contributed by atoms with E-state index >= 15 is 0 Å². The van der Waals surface area contributed by atoms with Crippen molar-refractivity contribution in [2.24, 2.45) is 5.92 Å². The van der Waals surface area contributed by atoms with Crippen LogP contribution in [0.1, 0.15) is 25.7 Å². The number of hydrogen-bond donors (Lipinski definition) is 0. The maximum Gasteiger partial charge on any atom is 0.123 e. The Balaban J connectivity index is 1.82. The van der Waals surface area contributed by atoms with Crippen molar-refractivity contribution in [3.8, 4) is 0 Å². The molecule has 0 aliphatic heterocycles. The first-order valence-electron chi connectivity index (χ1n) is 5.23. The Hall–Kier alpha value is -0.500. The molecular formula is C12H15FS. The average Bonchev–Trinajstić information content (AvgIpc) is 2.70. The molecule has 0 N–H and O–H groups in total. The van der Waals surface area contributed by atoms with Gasteiger partial charge in [-0.25, -0.2) is 4.39 Å². The van der Waals surface area contributed by atoms with Crippen molar-refractivity contribution in [2.45, 2.75) is 30.6 Å². The molecular weight excluding hydrogens is 195 g/mol. The molecule has 0 atom stereocenters. The molecule has 1 aliphatic rings.